The number of nitrogens with zero attached hydrogens (tertiary/aromatic N) is 1. The van der Waals surface area contributed by atoms with E-state index >= 15 is 0 Å². The molecule has 1 aromatic heterocycles. The van der Waals surface area contributed by atoms with Gasteiger partial charge in [0.25, 0.3) is 5.91 Å². The van der Waals surface area contributed by atoms with Gasteiger partial charge >= 0.3 is 0 Å². The number of carbonyl (C=O) groups excluding carboxylic acids is 1. The second-order valence-corrected chi connectivity index (χ2v) is 4.86. The van der Waals surface area contributed by atoms with Crippen molar-refractivity contribution in [1.82, 2.24) is 10.3 Å². The maximum atomic E-state index is 13.2. The molecule has 2 aromatic rings. The van der Waals surface area contributed by atoms with E-state index in [4.69, 9.17) is 17.4 Å². The van der Waals surface area contributed by atoms with Gasteiger partial charge in [-0.15, -0.1) is 0 Å². The molecule has 4 N–H and O–H groups in total. The predicted molar refractivity (Wildman–Crippen MR) is 79.3 cm³/mol. The van der Waals surface area contributed by atoms with E-state index in [1.54, 1.807) is 19.1 Å². The van der Waals surface area contributed by atoms with E-state index in [2.05, 4.69) is 15.7 Å². The summed E-state index contributed by atoms with van der Waals surface area (Å²) in [6.07, 6.45) is 1.36. The Morgan fingerprint density at radius 1 is 1.43 bits per heavy atom. The molecule has 0 saturated carbocycles. The summed E-state index contributed by atoms with van der Waals surface area (Å²) in [5.74, 6) is 4.79. The lowest BCUT2D eigenvalue weighted by molar-refractivity contribution is 0.0939. The van der Waals surface area contributed by atoms with Crippen molar-refractivity contribution in [1.29, 1.82) is 0 Å². The van der Waals surface area contributed by atoms with Crippen LogP contribution in [0.2, 0.25) is 5.02 Å². The molecule has 21 heavy (non-hydrogen) atoms. The average molecular weight is 309 g/mol. The molecule has 0 fully saturated rings. The molecular formula is C14H14ClFN4O. The van der Waals surface area contributed by atoms with Gasteiger partial charge < -0.3 is 10.7 Å². The van der Waals surface area contributed by atoms with Crippen LogP contribution in [0.25, 0.3) is 0 Å². The fourth-order valence-electron chi connectivity index (χ4n) is 1.81. The van der Waals surface area contributed by atoms with E-state index in [0.717, 1.165) is 0 Å². The number of hydrazine groups is 1. The molecule has 0 radical (unpaired) electrons. The van der Waals surface area contributed by atoms with Crippen molar-refractivity contribution in [2.45, 2.75) is 13.0 Å². The van der Waals surface area contributed by atoms with Gasteiger partial charge in [0.1, 0.15) is 5.82 Å². The fraction of sp³-hybridized carbons (Fsp3) is 0.143. The van der Waals surface area contributed by atoms with Crippen molar-refractivity contribution in [3.05, 3.63) is 58.5 Å². The molecule has 1 unspecified atom stereocenters. The number of aromatic nitrogens is 1. The summed E-state index contributed by atoms with van der Waals surface area (Å²) in [7, 11) is 0. The zero-order valence-electron chi connectivity index (χ0n) is 11.2. The Labute approximate surface area is 126 Å². The standard InChI is InChI=1S/C14H14ClFN4O/c1-8(9-3-2-4-11(16)5-9)19-14(21)10-6-12(15)13(20-17)18-7-10/h2-8H,17H2,1H3,(H,18,20)(H,19,21). The van der Waals surface area contributed by atoms with Crippen molar-refractivity contribution in [2.24, 2.45) is 5.84 Å². The molecule has 0 saturated heterocycles. The molecule has 7 heteroatoms. The van der Waals surface area contributed by atoms with Crippen LogP contribution in [0.3, 0.4) is 0 Å². The molecule has 110 valence electrons. The Morgan fingerprint density at radius 3 is 2.81 bits per heavy atom. The van der Waals surface area contributed by atoms with E-state index in [1.807, 2.05) is 0 Å². The number of nitrogens with two attached hydrogens (primary N) is 1. The minimum absolute atomic E-state index is 0.239. The molecule has 0 aliphatic carbocycles. The van der Waals surface area contributed by atoms with Crippen LogP contribution in [-0.2, 0) is 0 Å². The molecule has 5 nitrogen and oxygen atoms in total. The third kappa shape index (κ3) is 3.68. The number of pyridine rings is 1. The lowest BCUT2D eigenvalue weighted by atomic mass is 10.1. The summed E-state index contributed by atoms with van der Waals surface area (Å²) < 4.78 is 13.2. The zero-order chi connectivity index (χ0) is 15.4. The average Bonchev–Trinajstić information content (AvgIpc) is 2.47. The fourth-order valence-corrected chi connectivity index (χ4v) is 2.03. The van der Waals surface area contributed by atoms with E-state index < -0.39 is 0 Å². The molecule has 2 rings (SSSR count). The number of nitrogen functional groups attached to an aromatic ring is 1. The lowest BCUT2D eigenvalue weighted by Gasteiger charge is -2.14. The first-order valence-corrected chi connectivity index (χ1v) is 6.57. The molecule has 0 spiro atoms. The molecule has 1 atom stereocenters. The van der Waals surface area contributed by atoms with Crippen molar-refractivity contribution in [3.63, 3.8) is 0 Å². The number of carbonyl (C=O) groups is 1. The van der Waals surface area contributed by atoms with Crippen molar-refractivity contribution in [3.8, 4) is 0 Å². The molecular weight excluding hydrogens is 295 g/mol. The second-order valence-electron chi connectivity index (χ2n) is 4.45. The molecule has 0 aliphatic rings. The number of hydrogen-bond acceptors (Lipinski definition) is 4. The first kappa shape index (κ1) is 15.2. The summed E-state index contributed by atoms with van der Waals surface area (Å²) in [6.45, 7) is 1.76. The van der Waals surface area contributed by atoms with Crippen LogP contribution < -0.4 is 16.6 Å². The highest BCUT2D eigenvalue weighted by Gasteiger charge is 2.13. The van der Waals surface area contributed by atoms with Crippen molar-refractivity contribution < 1.29 is 9.18 Å². The van der Waals surface area contributed by atoms with Crippen molar-refractivity contribution >= 4 is 23.3 Å². The monoisotopic (exact) mass is 308 g/mol. The molecule has 1 amide bonds. The van der Waals surface area contributed by atoms with Gasteiger partial charge in [0.15, 0.2) is 5.82 Å². The highest BCUT2D eigenvalue weighted by Crippen LogP contribution is 2.20. The first-order valence-electron chi connectivity index (χ1n) is 6.19. The van der Waals surface area contributed by atoms with Gasteiger partial charge in [-0.3, -0.25) is 4.79 Å². The van der Waals surface area contributed by atoms with Crippen LogP contribution in [0, 0.1) is 5.82 Å². The zero-order valence-corrected chi connectivity index (χ0v) is 12.0. The third-order valence-corrected chi connectivity index (χ3v) is 3.22. The number of amides is 1. The van der Waals surface area contributed by atoms with Crippen LogP contribution in [0.15, 0.2) is 36.5 Å². The quantitative estimate of drug-likeness (QED) is 0.599. The number of halogens is 2. The smallest absolute Gasteiger partial charge is 0.253 e. The highest BCUT2D eigenvalue weighted by atomic mass is 35.5. The van der Waals surface area contributed by atoms with Crippen LogP contribution in [0.1, 0.15) is 28.9 Å². The van der Waals surface area contributed by atoms with Crippen LogP contribution in [0.4, 0.5) is 10.2 Å². The number of anilines is 1. The molecule has 1 aromatic carbocycles. The second kappa shape index (κ2) is 6.51. The van der Waals surface area contributed by atoms with Gasteiger partial charge in [0.05, 0.1) is 16.6 Å². The summed E-state index contributed by atoms with van der Waals surface area (Å²) in [5, 5.41) is 2.99. The van der Waals surface area contributed by atoms with E-state index in [-0.39, 0.29) is 28.6 Å². The Balaban J connectivity index is 2.12. The number of nitrogens with one attached hydrogen (secondary N) is 2. The summed E-state index contributed by atoms with van der Waals surface area (Å²) in [6, 6.07) is 7.16. The first-order chi connectivity index (χ1) is 10.0. The van der Waals surface area contributed by atoms with E-state index in [1.165, 1.54) is 24.4 Å². The van der Waals surface area contributed by atoms with Gasteiger partial charge in [0.2, 0.25) is 0 Å². The highest BCUT2D eigenvalue weighted by molar-refractivity contribution is 6.33. The van der Waals surface area contributed by atoms with Gasteiger partial charge in [0, 0.05) is 6.20 Å². The Bertz CT molecular complexity index is 665. The molecule has 1 heterocycles. The van der Waals surface area contributed by atoms with Gasteiger partial charge in [-0.05, 0) is 30.7 Å². The van der Waals surface area contributed by atoms with Gasteiger partial charge in [-0.25, -0.2) is 15.2 Å². The maximum absolute atomic E-state index is 13.2. The Hall–Kier alpha value is -2.18. The lowest BCUT2D eigenvalue weighted by Crippen LogP contribution is -2.27. The summed E-state index contributed by atoms with van der Waals surface area (Å²) >= 11 is 5.91. The van der Waals surface area contributed by atoms with Crippen LogP contribution in [-0.4, -0.2) is 10.9 Å². The summed E-state index contributed by atoms with van der Waals surface area (Å²) in [5.41, 5.74) is 3.28. The van der Waals surface area contributed by atoms with E-state index in [9.17, 15) is 9.18 Å². The van der Waals surface area contributed by atoms with E-state index in [0.29, 0.717) is 11.1 Å². The number of rotatable bonds is 4. The topological polar surface area (TPSA) is 80.0 Å². The van der Waals surface area contributed by atoms with Gasteiger partial charge in [-0.1, -0.05) is 23.7 Å². The maximum Gasteiger partial charge on any atom is 0.253 e. The molecule has 0 bridgehead atoms. The van der Waals surface area contributed by atoms with Crippen LogP contribution in [0.5, 0.6) is 0 Å². The largest absolute Gasteiger partial charge is 0.345 e. The normalized spacial score (nSPS) is 11.8. The predicted octanol–water partition coefficient (Wildman–Crippen LogP) is 2.65. The summed E-state index contributed by atoms with van der Waals surface area (Å²) in [4.78, 5) is 16.0. The number of hydrogen-bond donors (Lipinski definition) is 3. The molecule has 0 aliphatic heterocycles. The number of benzene rings is 1. The minimum atomic E-state index is -0.357. The Kier molecular flexibility index (Phi) is 4.72. The minimum Gasteiger partial charge on any atom is -0.345 e. The van der Waals surface area contributed by atoms with Crippen molar-refractivity contribution in [2.75, 3.05) is 5.43 Å². The SMILES string of the molecule is CC(NC(=O)c1cnc(NN)c(Cl)c1)c1cccc(F)c1. The van der Waals surface area contributed by atoms with Gasteiger partial charge in [-0.2, -0.15) is 0 Å². The Morgan fingerprint density at radius 2 is 2.19 bits per heavy atom. The third-order valence-electron chi connectivity index (χ3n) is 2.94. The van der Waals surface area contributed by atoms with Crippen LogP contribution >= 0.6 is 11.6 Å².